The van der Waals surface area contributed by atoms with Crippen molar-refractivity contribution in [3.8, 4) is 0 Å². The summed E-state index contributed by atoms with van der Waals surface area (Å²) in [5.41, 5.74) is 0. The van der Waals surface area contributed by atoms with E-state index in [1.54, 1.807) is 0 Å². The van der Waals surface area contributed by atoms with Gasteiger partial charge in [-0.1, -0.05) is 33.1 Å². The molecule has 96 valence electrons. The van der Waals surface area contributed by atoms with Crippen molar-refractivity contribution in [2.75, 3.05) is 13.2 Å². The number of unbranched alkanes of at least 4 members (excludes halogenated alkanes) is 2. The van der Waals surface area contributed by atoms with E-state index >= 15 is 0 Å². The average Bonchev–Trinajstić information content (AvgIpc) is 2.31. The Kier molecular flexibility index (Phi) is 7.87. The maximum Gasteiger partial charge on any atom is 0.0590 e. The van der Waals surface area contributed by atoms with Crippen LogP contribution in [0.5, 0.6) is 0 Å². The second-order valence-electron chi connectivity index (χ2n) is 4.97. The lowest BCUT2D eigenvalue weighted by atomic mass is 9.98. The molecule has 16 heavy (non-hydrogen) atoms. The quantitative estimate of drug-likeness (QED) is 0.641. The molecule has 1 saturated heterocycles. The van der Waals surface area contributed by atoms with Crippen LogP contribution < -0.4 is 5.32 Å². The predicted octanol–water partition coefficient (Wildman–Crippen LogP) is 3.50. The first-order valence-corrected chi connectivity index (χ1v) is 7.21. The van der Waals surface area contributed by atoms with Crippen molar-refractivity contribution in [2.45, 2.75) is 77.4 Å². The van der Waals surface area contributed by atoms with Gasteiger partial charge in [-0.3, -0.25) is 0 Å². The molecule has 2 unspecified atom stereocenters. The maximum absolute atomic E-state index is 5.82. The van der Waals surface area contributed by atoms with E-state index in [0.29, 0.717) is 12.1 Å². The van der Waals surface area contributed by atoms with Crippen LogP contribution in [-0.2, 0) is 4.74 Å². The van der Waals surface area contributed by atoms with Gasteiger partial charge in [-0.05, 0) is 38.6 Å². The minimum absolute atomic E-state index is 0.527. The van der Waals surface area contributed by atoms with Gasteiger partial charge in [-0.2, -0.15) is 0 Å². The Balaban J connectivity index is 2.19. The Morgan fingerprint density at radius 1 is 1.25 bits per heavy atom. The highest BCUT2D eigenvalue weighted by Crippen LogP contribution is 2.19. The van der Waals surface area contributed by atoms with E-state index in [0.717, 1.165) is 13.2 Å². The van der Waals surface area contributed by atoms with Gasteiger partial charge in [0.2, 0.25) is 0 Å². The molecule has 0 bridgehead atoms. The monoisotopic (exact) mass is 227 g/mol. The second kappa shape index (κ2) is 9.00. The molecule has 2 heteroatoms. The fourth-order valence-corrected chi connectivity index (χ4v) is 2.54. The highest BCUT2D eigenvalue weighted by Gasteiger charge is 2.18. The van der Waals surface area contributed by atoms with Crippen molar-refractivity contribution in [3.05, 3.63) is 0 Å². The molecule has 0 radical (unpaired) electrons. The minimum atomic E-state index is 0.527. The van der Waals surface area contributed by atoms with Crippen molar-refractivity contribution in [1.29, 1.82) is 0 Å². The molecule has 0 amide bonds. The lowest BCUT2D eigenvalue weighted by molar-refractivity contribution is 0.00468. The molecule has 1 aliphatic rings. The summed E-state index contributed by atoms with van der Waals surface area (Å²) in [6.45, 7) is 6.54. The smallest absolute Gasteiger partial charge is 0.0590 e. The molecular weight excluding hydrogens is 198 g/mol. The standard InChI is InChI=1S/C14H29NO/c1-3-5-6-9-13(15-4-2)12-14-10-7-8-11-16-14/h13-15H,3-12H2,1-2H3. The van der Waals surface area contributed by atoms with Crippen molar-refractivity contribution in [2.24, 2.45) is 0 Å². The molecule has 0 saturated carbocycles. The van der Waals surface area contributed by atoms with Gasteiger partial charge in [-0.15, -0.1) is 0 Å². The van der Waals surface area contributed by atoms with Crippen LogP contribution >= 0.6 is 0 Å². The Morgan fingerprint density at radius 3 is 2.75 bits per heavy atom. The molecule has 1 heterocycles. The third-order valence-electron chi connectivity index (χ3n) is 3.47. The molecule has 1 fully saturated rings. The highest BCUT2D eigenvalue weighted by atomic mass is 16.5. The molecule has 2 atom stereocenters. The Bertz CT molecular complexity index is 155. The zero-order valence-electron chi connectivity index (χ0n) is 11.1. The Morgan fingerprint density at radius 2 is 2.12 bits per heavy atom. The molecule has 2 nitrogen and oxygen atoms in total. The van der Waals surface area contributed by atoms with Crippen LogP contribution in [0.25, 0.3) is 0 Å². The van der Waals surface area contributed by atoms with E-state index in [1.807, 2.05) is 0 Å². The van der Waals surface area contributed by atoms with Gasteiger partial charge in [0.15, 0.2) is 0 Å². The van der Waals surface area contributed by atoms with Crippen LogP contribution in [0.2, 0.25) is 0 Å². The zero-order valence-corrected chi connectivity index (χ0v) is 11.1. The van der Waals surface area contributed by atoms with Crippen LogP contribution in [0.15, 0.2) is 0 Å². The third-order valence-corrected chi connectivity index (χ3v) is 3.47. The van der Waals surface area contributed by atoms with Crippen LogP contribution in [0.3, 0.4) is 0 Å². The molecule has 0 aromatic carbocycles. The Labute approximate surface area is 101 Å². The SMILES string of the molecule is CCCCCC(CC1CCCCO1)NCC. The molecular formula is C14H29NO. The van der Waals surface area contributed by atoms with Crippen LogP contribution in [-0.4, -0.2) is 25.3 Å². The lowest BCUT2D eigenvalue weighted by Crippen LogP contribution is -2.34. The molecule has 0 aromatic heterocycles. The van der Waals surface area contributed by atoms with Crippen molar-refractivity contribution in [3.63, 3.8) is 0 Å². The van der Waals surface area contributed by atoms with Gasteiger partial charge >= 0.3 is 0 Å². The lowest BCUT2D eigenvalue weighted by Gasteiger charge is -2.27. The summed E-state index contributed by atoms with van der Waals surface area (Å²) in [4.78, 5) is 0. The van der Waals surface area contributed by atoms with Crippen LogP contribution in [0.1, 0.15) is 65.2 Å². The molecule has 0 aliphatic carbocycles. The first-order valence-electron chi connectivity index (χ1n) is 7.21. The van der Waals surface area contributed by atoms with Gasteiger partial charge in [-0.25, -0.2) is 0 Å². The summed E-state index contributed by atoms with van der Waals surface area (Å²) in [5, 5.41) is 3.61. The topological polar surface area (TPSA) is 21.3 Å². The molecule has 1 rings (SSSR count). The van der Waals surface area contributed by atoms with Crippen molar-refractivity contribution < 1.29 is 4.74 Å². The molecule has 0 aromatic rings. The normalized spacial score (nSPS) is 23.2. The number of hydrogen-bond acceptors (Lipinski definition) is 2. The Hall–Kier alpha value is -0.0800. The summed E-state index contributed by atoms with van der Waals surface area (Å²) in [6, 6.07) is 0.680. The van der Waals surface area contributed by atoms with E-state index in [1.165, 1.54) is 51.4 Å². The summed E-state index contributed by atoms with van der Waals surface area (Å²) in [5.74, 6) is 0. The minimum Gasteiger partial charge on any atom is -0.378 e. The van der Waals surface area contributed by atoms with Crippen molar-refractivity contribution in [1.82, 2.24) is 5.32 Å². The van der Waals surface area contributed by atoms with Gasteiger partial charge in [0.05, 0.1) is 6.10 Å². The predicted molar refractivity (Wildman–Crippen MR) is 69.8 cm³/mol. The second-order valence-corrected chi connectivity index (χ2v) is 4.97. The van der Waals surface area contributed by atoms with E-state index in [4.69, 9.17) is 4.74 Å². The molecule has 1 N–H and O–H groups in total. The fourth-order valence-electron chi connectivity index (χ4n) is 2.54. The molecule has 0 spiro atoms. The number of nitrogens with one attached hydrogen (secondary N) is 1. The summed E-state index contributed by atoms with van der Waals surface area (Å²) < 4.78 is 5.82. The zero-order chi connectivity index (χ0) is 11.6. The summed E-state index contributed by atoms with van der Waals surface area (Å²) in [6.07, 6.45) is 11.0. The number of ether oxygens (including phenoxy) is 1. The summed E-state index contributed by atoms with van der Waals surface area (Å²) >= 11 is 0. The van der Waals surface area contributed by atoms with Gasteiger partial charge < -0.3 is 10.1 Å². The van der Waals surface area contributed by atoms with Crippen molar-refractivity contribution >= 4 is 0 Å². The average molecular weight is 227 g/mol. The van der Waals surface area contributed by atoms with E-state index in [-0.39, 0.29) is 0 Å². The van der Waals surface area contributed by atoms with Crippen LogP contribution in [0, 0.1) is 0 Å². The number of hydrogen-bond donors (Lipinski definition) is 1. The highest BCUT2D eigenvalue weighted by molar-refractivity contribution is 4.74. The third kappa shape index (κ3) is 5.86. The summed E-state index contributed by atoms with van der Waals surface area (Å²) in [7, 11) is 0. The van der Waals surface area contributed by atoms with E-state index in [9.17, 15) is 0 Å². The largest absolute Gasteiger partial charge is 0.378 e. The van der Waals surface area contributed by atoms with E-state index in [2.05, 4.69) is 19.2 Å². The van der Waals surface area contributed by atoms with Crippen LogP contribution in [0.4, 0.5) is 0 Å². The fraction of sp³-hybridized carbons (Fsp3) is 1.00. The van der Waals surface area contributed by atoms with E-state index < -0.39 is 0 Å². The first-order chi connectivity index (χ1) is 7.86. The van der Waals surface area contributed by atoms with Gasteiger partial charge in [0.25, 0.3) is 0 Å². The van der Waals surface area contributed by atoms with Gasteiger partial charge in [0, 0.05) is 12.6 Å². The maximum atomic E-state index is 5.82. The van der Waals surface area contributed by atoms with Gasteiger partial charge in [0.1, 0.15) is 0 Å². The molecule has 1 aliphatic heterocycles. The number of rotatable bonds is 8. The first kappa shape index (κ1) is 14.0.